The molecule has 0 aliphatic rings. The number of methoxy groups -OCH3 is 4. The van der Waals surface area contributed by atoms with E-state index in [0.717, 1.165) is 16.5 Å². The Hall–Kier alpha value is -5.53. The van der Waals surface area contributed by atoms with Crippen LogP contribution in [0.25, 0.3) is 11.0 Å². The van der Waals surface area contributed by atoms with E-state index >= 15 is 0 Å². The molecule has 2 heterocycles. The molecule has 0 fully saturated rings. The van der Waals surface area contributed by atoms with Gasteiger partial charge in [-0.1, -0.05) is 12.1 Å². The van der Waals surface area contributed by atoms with Crippen molar-refractivity contribution in [1.29, 1.82) is 0 Å². The summed E-state index contributed by atoms with van der Waals surface area (Å²) in [5, 5.41) is 6.28. The number of carbonyl (C=O) groups excluding carboxylic acids is 3. The van der Waals surface area contributed by atoms with Crippen LogP contribution < -0.4 is 36.3 Å². The van der Waals surface area contributed by atoms with Gasteiger partial charge in [0.15, 0.2) is 11.5 Å². The first kappa shape index (κ1) is 32.4. The van der Waals surface area contributed by atoms with Crippen LogP contribution in [0.2, 0.25) is 0 Å². The van der Waals surface area contributed by atoms with Gasteiger partial charge in [-0.25, -0.2) is 4.79 Å². The molecule has 7 N–H and O–H groups in total. The van der Waals surface area contributed by atoms with Crippen LogP contribution >= 0.6 is 0 Å². The summed E-state index contributed by atoms with van der Waals surface area (Å²) in [6.45, 7) is 0.245. The van der Waals surface area contributed by atoms with Gasteiger partial charge in [0.2, 0.25) is 11.7 Å². The fourth-order valence-electron chi connectivity index (χ4n) is 4.90. The first-order chi connectivity index (χ1) is 21.7. The van der Waals surface area contributed by atoms with Crippen LogP contribution in [0.3, 0.4) is 0 Å². The van der Waals surface area contributed by atoms with Gasteiger partial charge in [0.25, 0.3) is 11.8 Å². The summed E-state index contributed by atoms with van der Waals surface area (Å²) >= 11 is 0. The fourth-order valence-corrected chi connectivity index (χ4v) is 4.90. The first-order valence-electron chi connectivity index (χ1n) is 14.1. The standard InChI is InChI=1S/C31H37N7O7/c1-42-22-14-20(15-23(43-2)25(22)44-3)28(39)34-13-5-6-21(30(41)45-4)36-29(40)18-10-7-17(8-11-18)9-12-19-16-35-27-24(19)26(32)37-31(33)38-27/h7-8,10-11,14-16,21H,5-6,9,12-13H2,1-4H3,(H,34,39)(H,36,40)(H5,32,33,35,37,38)/t21-/m0/s1. The number of nitrogens with two attached hydrogens (primary N) is 2. The Labute approximate surface area is 259 Å². The van der Waals surface area contributed by atoms with Gasteiger partial charge in [0.1, 0.15) is 17.5 Å². The molecule has 4 rings (SSSR count). The molecule has 0 aliphatic carbocycles. The van der Waals surface area contributed by atoms with Crippen molar-refractivity contribution in [3.63, 3.8) is 0 Å². The van der Waals surface area contributed by atoms with Crippen molar-refractivity contribution < 1.29 is 33.3 Å². The maximum atomic E-state index is 13.0. The number of hydrogen-bond acceptors (Lipinski definition) is 11. The van der Waals surface area contributed by atoms with Crippen molar-refractivity contribution in [2.24, 2.45) is 0 Å². The van der Waals surface area contributed by atoms with Crippen LogP contribution in [-0.4, -0.2) is 73.8 Å². The van der Waals surface area contributed by atoms with E-state index in [9.17, 15) is 14.4 Å². The Balaban J connectivity index is 1.30. The Morgan fingerprint density at radius 1 is 0.889 bits per heavy atom. The Morgan fingerprint density at radius 2 is 1.58 bits per heavy atom. The second kappa shape index (κ2) is 14.8. The molecule has 4 aromatic rings. The zero-order chi connectivity index (χ0) is 32.5. The number of hydrogen-bond donors (Lipinski definition) is 5. The third-order valence-electron chi connectivity index (χ3n) is 7.23. The number of anilines is 2. The van der Waals surface area contributed by atoms with Crippen molar-refractivity contribution in [3.05, 3.63) is 64.8 Å². The highest BCUT2D eigenvalue weighted by Crippen LogP contribution is 2.38. The average Bonchev–Trinajstić information content (AvgIpc) is 3.46. The summed E-state index contributed by atoms with van der Waals surface area (Å²) in [5.41, 5.74) is 15.0. The molecule has 2 amide bonds. The van der Waals surface area contributed by atoms with Gasteiger partial charge in [0, 0.05) is 23.9 Å². The summed E-state index contributed by atoms with van der Waals surface area (Å²) < 4.78 is 20.8. The second-order valence-corrected chi connectivity index (χ2v) is 10.1. The molecular weight excluding hydrogens is 582 g/mol. The van der Waals surface area contributed by atoms with Gasteiger partial charge >= 0.3 is 5.97 Å². The normalized spacial score (nSPS) is 11.5. The molecule has 14 heteroatoms. The van der Waals surface area contributed by atoms with Crippen molar-refractivity contribution in [3.8, 4) is 17.2 Å². The number of aryl methyl sites for hydroxylation is 2. The van der Waals surface area contributed by atoms with E-state index in [1.165, 1.54) is 28.4 Å². The van der Waals surface area contributed by atoms with Crippen molar-refractivity contribution >= 4 is 40.6 Å². The van der Waals surface area contributed by atoms with Crippen molar-refractivity contribution in [2.75, 3.05) is 46.5 Å². The molecule has 0 saturated carbocycles. The number of nitrogens with zero attached hydrogens (tertiary/aromatic N) is 2. The molecule has 1 atom stereocenters. The first-order valence-corrected chi connectivity index (χ1v) is 14.1. The molecule has 0 saturated heterocycles. The van der Waals surface area contributed by atoms with Crippen molar-refractivity contribution in [1.82, 2.24) is 25.6 Å². The highest BCUT2D eigenvalue weighted by molar-refractivity contribution is 5.97. The maximum Gasteiger partial charge on any atom is 0.328 e. The molecule has 0 spiro atoms. The van der Waals surface area contributed by atoms with Gasteiger partial charge in [-0.05, 0) is 61.1 Å². The van der Waals surface area contributed by atoms with E-state index in [4.69, 9.17) is 30.4 Å². The molecule has 2 aromatic heterocycles. The number of fused-ring (bicyclic) bond motifs is 1. The van der Waals surface area contributed by atoms with E-state index in [-0.39, 0.29) is 24.8 Å². The predicted molar refractivity (Wildman–Crippen MR) is 167 cm³/mol. The van der Waals surface area contributed by atoms with Crippen LogP contribution in [-0.2, 0) is 22.4 Å². The number of amides is 2. The van der Waals surface area contributed by atoms with E-state index in [0.29, 0.717) is 59.1 Å². The highest BCUT2D eigenvalue weighted by Gasteiger charge is 2.22. The summed E-state index contributed by atoms with van der Waals surface area (Å²) in [4.78, 5) is 49.4. The number of esters is 1. The summed E-state index contributed by atoms with van der Waals surface area (Å²) in [6, 6.07) is 9.30. The van der Waals surface area contributed by atoms with Crippen LogP contribution in [0, 0.1) is 0 Å². The molecule has 0 bridgehead atoms. The Bertz CT molecular complexity index is 1650. The lowest BCUT2D eigenvalue weighted by molar-refractivity contribution is -0.143. The second-order valence-electron chi connectivity index (χ2n) is 10.1. The third-order valence-corrected chi connectivity index (χ3v) is 7.23. The Morgan fingerprint density at radius 3 is 2.20 bits per heavy atom. The number of aromatic amines is 1. The largest absolute Gasteiger partial charge is 0.493 e. The number of nitrogens with one attached hydrogen (secondary N) is 3. The molecule has 0 radical (unpaired) electrons. The fraction of sp³-hybridized carbons (Fsp3) is 0.323. The zero-order valence-electron chi connectivity index (χ0n) is 25.6. The van der Waals surface area contributed by atoms with Gasteiger partial charge in [0.05, 0.1) is 33.8 Å². The van der Waals surface area contributed by atoms with Crippen molar-refractivity contribution in [2.45, 2.75) is 31.7 Å². The number of ether oxygens (including phenoxy) is 4. The number of rotatable bonds is 14. The van der Waals surface area contributed by atoms with Gasteiger partial charge in [-0.3, -0.25) is 9.59 Å². The Kier molecular flexibility index (Phi) is 10.6. The number of carbonyl (C=O) groups is 3. The lowest BCUT2D eigenvalue weighted by Crippen LogP contribution is -2.42. The van der Waals surface area contributed by atoms with E-state index in [1.54, 1.807) is 24.3 Å². The molecule has 2 aromatic carbocycles. The summed E-state index contributed by atoms with van der Waals surface area (Å²) in [6.07, 6.45) is 3.83. The SMILES string of the molecule is COC(=O)[C@H](CCCNC(=O)c1cc(OC)c(OC)c(OC)c1)NC(=O)c1ccc(CCc2c[nH]c3nc(N)nc(N)c23)cc1. The van der Waals surface area contributed by atoms with Crippen LogP contribution in [0.4, 0.5) is 11.8 Å². The van der Waals surface area contributed by atoms with Gasteiger partial charge in [-0.2, -0.15) is 9.97 Å². The van der Waals surface area contributed by atoms with Gasteiger partial charge in [-0.15, -0.1) is 0 Å². The van der Waals surface area contributed by atoms with Crippen LogP contribution in [0.15, 0.2) is 42.6 Å². The molecule has 45 heavy (non-hydrogen) atoms. The maximum absolute atomic E-state index is 13.0. The number of nitrogen functional groups attached to an aromatic ring is 2. The molecule has 238 valence electrons. The minimum atomic E-state index is -0.899. The highest BCUT2D eigenvalue weighted by atomic mass is 16.5. The third kappa shape index (κ3) is 7.71. The van der Waals surface area contributed by atoms with E-state index < -0.39 is 17.9 Å². The molecule has 0 aliphatic heterocycles. The number of aromatic nitrogens is 3. The summed E-state index contributed by atoms with van der Waals surface area (Å²) in [7, 11) is 5.66. The van der Waals surface area contributed by atoms with Crippen LogP contribution in [0.1, 0.15) is 44.7 Å². The van der Waals surface area contributed by atoms with E-state index in [2.05, 4.69) is 25.6 Å². The minimum Gasteiger partial charge on any atom is -0.493 e. The zero-order valence-corrected chi connectivity index (χ0v) is 25.6. The topological polar surface area (TPSA) is 206 Å². The summed E-state index contributed by atoms with van der Waals surface area (Å²) in [5.74, 6) is 0.142. The minimum absolute atomic E-state index is 0.107. The van der Waals surface area contributed by atoms with Gasteiger partial charge < -0.3 is 46.0 Å². The lowest BCUT2D eigenvalue weighted by Gasteiger charge is -2.17. The molecule has 0 unspecified atom stereocenters. The molecular formula is C31H37N7O7. The van der Waals surface area contributed by atoms with E-state index in [1.807, 2.05) is 18.3 Å². The monoisotopic (exact) mass is 619 g/mol. The lowest BCUT2D eigenvalue weighted by atomic mass is 10.0. The average molecular weight is 620 g/mol. The van der Waals surface area contributed by atoms with Crippen LogP contribution in [0.5, 0.6) is 17.2 Å². The number of benzene rings is 2. The predicted octanol–water partition coefficient (Wildman–Crippen LogP) is 2.41. The molecule has 14 nitrogen and oxygen atoms in total. The quantitative estimate of drug-likeness (QED) is 0.102. The smallest absolute Gasteiger partial charge is 0.328 e. The number of H-pyrrole nitrogens is 1.